The maximum absolute atomic E-state index is 12.8. The molecule has 144 valence electrons. The van der Waals surface area contributed by atoms with Crippen LogP contribution in [0.1, 0.15) is 26.2 Å². The first-order valence-corrected chi connectivity index (χ1v) is 8.94. The van der Waals surface area contributed by atoms with Crippen molar-refractivity contribution in [2.24, 2.45) is 5.92 Å². The van der Waals surface area contributed by atoms with Gasteiger partial charge in [-0.3, -0.25) is 29.4 Å². The molecule has 3 rings (SSSR count). The molecular formula is C18H21N3O6. The fourth-order valence-corrected chi connectivity index (χ4v) is 3.60. The summed E-state index contributed by atoms with van der Waals surface area (Å²) in [5.74, 6) is -1.03. The number of ether oxygens (including phenoxy) is 1. The molecule has 1 atom stereocenters. The van der Waals surface area contributed by atoms with E-state index in [4.69, 9.17) is 4.74 Å². The van der Waals surface area contributed by atoms with Crippen LogP contribution < -0.4 is 4.90 Å². The molecule has 9 nitrogen and oxygen atoms in total. The minimum absolute atomic E-state index is 0.0693. The lowest BCUT2D eigenvalue weighted by Crippen LogP contribution is -2.47. The molecule has 1 aromatic rings. The van der Waals surface area contributed by atoms with Crippen LogP contribution in [0.2, 0.25) is 0 Å². The average Bonchev–Trinajstić information content (AvgIpc) is 2.96. The zero-order valence-corrected chi connectivity index (χ0v) is 15.0. The predicted molar refractivity (Wildman–Crippen MR) is 94.9 cm³/mol. The van der Waals surface area contributed by atoms with Gasteiger partial charge in [-0.2, -0.15) is 0 Å². The largest absolute Gasteiger partial charge is 0.466 e. The molecule has 2 saturated heterocycles. The van der Waals surface area contributed by atoms with Gasteiger partial charge in [-0.1, -0.05) is 0 Å². The molecule has 2 fully saturated rings. The van der Waals surface area contributed by atoms with Gasteiger partial charge in [0.15, 0.2) is 0 Å². The van der Waals surface area contributed by atoms with Gasteiger partial charge in [0.2, 0.25) is 5.91 Å². The number of likely N-dealkylation sites (tertiary alicyclic amines) is 1. The molecule has 2 heterocycles. The number of amides is 2. The minimum atomic E-state index is -0.559. The van der Waals surface area contributed by atoms with Crippen molar-refractivity contribution >= 4 is 29.2 Å². The number of benzene rings is 1. The second kappa shape index (κ2) is 7.83. The van der Waals surface area contributed by atoms with Crippen LogP contribution in [-0.2, 0) is 19.1 Å². The molecular weight excluding hydrogens is 354 g/mol. The fraction of sp³-hybridized carbons (Fsp3) is 0.500. The Hall–Kier alpha value is -2.81. The average molecular weight is 375 g/mol. The summed E-state index contributed by atoms with van der Waals surface area (Å²) in [5.41, 5.74) is 0.231. The van der Waals surface area contributed by atoms with E-state index in [1.54, 1.807) is 6.92 Å². The van der Waals surface area contributed by atoms with Gasteiger partial charge < -0.3 is 4.74 Å². The van der Waals surface area contributed by atoms with Gasteiger partial charge in [-0.25, -0.2) is 4.90 Å². The molecule has 0 radical (unpaired) electrons. The third-order valence-corrected chi connectivity index (χ3v) is 5.03. The number of imide groups is 1. The van der Waals surface area contributed by atoms with Crippen molar-refractivity contribution in [3.05, 3.63) is 34.4 Å². The number of anilines is 1. The number of nitrogens with zero attached hydrogens (tertiary/aromatic N) is 3. The van der Waals surface area contributed by atoms with Crippen LogP contribution in [0.5, 0.6) is 0 Å². The number of piperidine rings is 1. The lowest BCUT2D eigenvalue weighted by molar-refractivity contribution is -0.384. The van der Waals surface area contributed by atoms with Crippen LogP contribution in [-0.4, -0.2) is 53.3 Å². The molecule has 0 saturated carbocycles. The maximum atomic E-state index is 12.8. The Morgan fingerprint density at radius 2 is 1.85 bits per heavy atom. The smallest absolute Gasteiger partial charge is 0.309 e. The van der Waals surface area contributed by atoms with Gasteiger partial charge in [0, 0.05) is 12.1 Å². The van der Waals surface area contributed by atoms with Crippen LogP contribution in [0.25, 0.3) is 0 Å². The molecule has 0 spiro atoms. The van der Waals surface area contributed by atoms with Gasteiger partial charge in [0.1, 0.15) is 0 Å². The predicted octanol–water partition coefficient (Wildman–Crippen LogP) is 1.50. The quantitative estimate of drug-likeness (QED) is 0.332. The Bertz CT molecular complexity index is 755. The van der Waals surface area contributed by atoms with Crippen LogP contribution in [0, 0.1) is 16.0 Å². The summed E-state index contributed by atoms with van der Waals surface area (Å²) < 4.78 is 5.05. The minimum Gasteiger partial charge on any atom is -0.466 e. The molecule has 1 aromatic carbocycles. The van der Waals surface area contributed by atoms with Crippen molar-refractivity contribution in [3.63, 3.8) is 0 Å². The molecule has 0 N–H and O–H groups in total. The van der Waals surface area contributed by atoms with Crippen molar-refractivity contribution in [2.45, 2.75) is 32.2 Å². The molecule has 2 aliphatic rings. The number of hydrogen-bond donors (Lipinski definition) is 0. The maximum Gasteiger partial charge on any atom is 0.309 e. The SMILES string of the molecule is CCOC(=O)C1CCN(C2CC(=O)N(c3ccc([N+](=O)[O-])cc3)C2=O)CC1. The van der Waals surface area contributed by atoms with E-state index in [9.17, 15) is 24.5 Å². The van der Waals surface area contributed by atoms with E-state index >= 15 is 0 Å². The molecule has 0 aromatic heterocycles. The Kier molecular flexibility index (Phi) is 5.50. The highest BCUT2D eigenvalue weighted by molar-refractivity contribution is 6.22. The highest BCUT2D eigenvalue weighted by Crippen LogP contribution is 2.29. The molecule has 1 unspecified atom stereocenters. The van der Waals surface area contributed by atoms with E-state index in [1.807, 2.05) is 4.90 Å². The second-order valence-corrected chi connectivity index (χ2v) is 6.62. The number of carbonyl (C=O) groups is 3. The van der Waals surface area contributed by atoms with E-state index in [0.717, 1.165) is 4.90 Å². The van der Waals surface area contributed by atoms with E-state index in [-0.39, 0.29) is 35.8 Å². The number of nitro groups is 1. The Labute approximate surface area is 156 Å². The summed E-state index contributed by atoms with van der Waals surface area (Å²) in [6, 6.07) is 4.80. The highest BCUT2D eigenvalue weighted by Gasteiger charge is 2.44. The topological polar surface area (TPSA) is 110 Å². The van der Waals surface area contributed by atoms with E-state index < -0.39 is 11.0 Å². The van der Waals surface area contributed by atoms with Crippen LogP contribution >= 0.6 is 0 Å². The number of hydrogen-bond acceptors (Lipinski definition) is 7. The fourth-order valence-electron chi connectivity index (χ4n) is 3.60. The van der Waals surface area contributed by atoms with Gasteiger partial charge in [0.25, 0.3) is 11.6 Å². The summed E-state index contributed by atoms with van der Waals surface area (Å²) in [5, 5.41) is 10.8. The number of rotatable bonds is 5. The zero-order chi connectivity index (χ0) is 19.6. The first-order valence-electron chi connectivity index (χ1n) is 8.94. The molecule has 0 aliphatic carbocycles. The van der Waals surface area contributed by atoms with Crippen molar-refractivity contribution in [1.29, 1.82) is 0 Å². The molecule has 2 amide bonds. The van der Waals surface area contributed by atoms with E-state index in [0.29, 0.717) is 38.2 Å². The molecule has 2 aliphatic heterocycles. The third kappa shape index (κ3) is 3.82. The van der Waals surface area contributed by atoms with Crippen molar-refractivity contribution in [3.8, 4) is 0 Å². The zero-order valence-electron chi connectivity index (χ0n) is 15.0. The van der Waals surface area contributed by atoms with Crippen molar-refractivity contribution < 1.29 is 24.0 Å². The van der Waals surface area contributed by atoms with Gasteiger partial charge in [-0.05, 0) is 45.0 Å². The van der Waals surface area contributed by atoms with Crippen molar-refractivity contribution in [1.82, 2.24) is 4.90 Å². The lowest BCUT2D eigenvalue weighted by Gasteiger charge is -2.33. The molecule has 27 heavy (non-hydrogen) atoms. The lowest BCUT2D eigenvalue weighted by atomic mass is 9.95. The second-order valence-electron chi connectivity index (χ2n) is 6.62. The summed E-state index contributed by atoms with van der Waals surface area (Å²) >= 11 is 0. The van der Waals surface area contributed by atoms with Crippen LogP contribution in [0.4, 0.5) is 11.4 Å². The first-order chi connectivity index (χ1) is 12.9. The first kappa shape index (κ1) is 19.0. The number of esters is 1. The Morgan fingerprint density at radius 1 is 1.22 bits per heavy atom. The summed E-state index contributed by atoms with van der Waals surface area (Å²) in [6.45, 7) is 3.20. The third-order valence-electron chi connectivity index (χ3n) is 5.03. The van der Waals surface area contributed by atoms with Gasteiger partial charge in [0.05, 0.1) is 35.6 Å². The Morgan fingerprint density at radius 3 is 2.41 bits per heavy atom. The number of carbonyl (C=O) groups excluding carboxylic acids is 3. The van der Waals surface area contributed by atoms with E-state index in [2.05, 4.69) is 0 Å². The summed E-state index contributed by atoms with van der Waals surface area (Å²) in [7, 11) is 0. The normalized spacial score (nSPS) is 21.5. The summed E-state index contributed by atoms with van der Waals surface area (Å²) in [6.07, 6.45) is 1.25. The Balaban J connectivity index is 1.66. The number of non-ortho nitro benzene ring substituents is 1. The highest BCUT2D eigenvalue weighted by atomic mass is 16.6. The standard InChI is InChI=1S/C18H21N3O6/c1-2-27-18(24)12-7-9-19(10-8-12)15-11-16(22)20(17(15)23)13-3-5-14(6-4-13)21(25)26/h3-6,12,15H,2,7-11H2,1H3. The van der Waals surface area contributed by atoms with Gasteiger partial charge >= 0.3 is 5.97 Å². The van der Waals surface area contributed by atoms with E-state index in [1.165, 1.54) is 24.3 Å². The van der Waals surface area contributed by atoms with Crippen LogP contribution in [0.15, 0.2) is 24.3 Å². The monoisotopic (exact) mass is 375 g/mol. The summed E-state index contributed by atoms with van der Waals surface area (Å²) in [4.78, 5) is 50.3. The number of nitro benzene ring substituents is 1. The van der Waals surface area contributed by atoms with Gasteiger partial charge in [-0.15, -0.1) is 0 Å². The van der Waals surface area contributed by atoms with Crippen LogP contribution in [0.3, 0.4) is 0 Å². The molecule has 0 bridgehead atoms. The molecule has 9 heteroatoms. The van der Waals surface area contributed by atoms with Crippen molar-refractivity contribution in [2.75, 3.05) is 24.6 Å².